The first-order chi connectivity index (χ1) is 28.5. The molecule has 0 amide bonds. The van der Waals surface area contributed by atoms with Crippen LogP contribution >= 0.6 is 0 Å². The summed E-state index contributed by atoms with van der Waals surface area (Å²) in [4.78, 5) is 14.3. The van der Waals surface area contributed by atoms with Crippen LogP contribution in [0.4, 0.5) is 5.69 Å². The Morgan fingerprint density at radius 2 is 1.21 bits per heavy atom. The molecule has 2 heterocycles. The van der Waals surface area contributed by atoms with Crippen LogP contribution in [0.5, 0.6) is 11.5 Å². The maximum absolute atomic E-state index is 14.3. The van der Waals surface area contributed by atoms with E-state index in [1.54, 1.807) is 0 Å². The third-order valence-corrected chi connectivity index (χ3v) is 12.2. The lowest BCUT2D eigenvalue weighted by Gasteiger charge is -2.18. The number of aliphatic hydroxyl groups is 1. The van der Waals surface area contributed by atoms with Gasteiger partial charge in [0.1, 0.15) is 23.8 Å². The quantitative estimate of drug-likeness (QED) is 0.0385. The molecule has 1 aliphatic carbocycles. The van der Waals surface area contributed by atoms with Crippen molar-refractivity contribution in [1.29, 1.82) is 0 Å². The molecule has 0 spiro atoms. The molecule has 0 saturated carbocycles. The van der Waals surface area contributed by atoms with E-state index in [0.717, 1.165) is 131 Å². The molecule has 5 aromatic rings. The van der Waals surface area contributed by atoms with Crippen LogP contribution < -0.4 is 14.8 Å². The van der Waals surface area contributed by atoms with Gasteiger partial charge in [-0.05, 0) is 56.0 Å². The largest absolute Gasteiger partial charge is 0.506 e. The van der Waals surface area contributed by atoms with Gasteiger partial charge in [0, 0.05) is 57.5 Å². The molecule has 4 aromatic carbocycles. The molecule has 2 aliphatic rings. The summed E-state index contributed by atoms with van der Waals surface area (Å²) in [6, 6.07) is 21.4. The van der Waals surface area contributed by atoms with Crippen LogP contribution in [0.3, 0.4) is 0 Å². The van der Waals surface area contributed by atoms with Gasteiger partial charge < -0.3 is 19.1 Å². The summed E-state index contributed by atoms with van der Waals surface area (Å²) < 4.78 is 17.3. The van der Waals surface area contributed by atoms with Crippen LogP contribution in [0.1, 0.15) is 136 Å². The Morgan fingerprint density at radius 1 is 0.621 bits per heavy atom. The predicted molar refractivity (Wildman–Crippen MR) is 242 cm³/mol. The van der Waals surface area contributed by atoms with Gasteiger partial charge in [0.2, 0.25) is 17.2 Å². The molecule has 6 nitrogen and oxygen atoms in total. The molecule has 306 valence electrons. The van der Waals surface area contributed by atoms with E-state index >= 15 is 0 Å². The first-order valence-corrected chi connectivity index (χ1v) is 22.7. The van der Waals surface area contributed by atoms with Gasteiger partial charge in [0.05, 0.1) is 35.3 Å². The van der Waals surface area contributed by atoms with Gasteiger partial charge in [-0.15, -0.1) is 0 Å². The molecule has 0 fully saturated rings. The fourth-order valence-electron chi connectivity index (χ4n) is 8.93. The molecule has 1 N–H and O–H groups in total. The van der Waals surface area contributed by atoms with Crippen LogP contribution in [0, 0.1) is 0 Å². The molecule has 0 radical (unpaired) electrons. The minimum absolute atomic E-state index is 0.0717. The molecular formula is C52H65N2O4+. The average Bonchev–Trinajstić information content (AvgIpc) is 3.72. The van der Waals surface area contributed by atoms with Crippen LogP contribution in [0.15, 0.2) is 83.6 Å². The highest BCUT2D eigenvalue weighted by atomic mass is 16.5. The molecule has 1 aliphatic heterocycles. The Balaban J connectivity index is 1.28. The summed E-state index contributed by atoms with van der Waals surface area (Å²) in [5.74, 6) is 1.76. The number of benzene rings is 4. The van der Waals surface area contributed by atoms with Crippen molar-refractivity contribution < 1.29 is 24.0 Å². The number of aryl methyl sites for hydroxylation is 1. The fraction of sp³-hybridized carbons (Fsp3) is 0.462. The lowest BCUT2D eigenvalue weighted by atomic mass is 9.86. The van der Waals surface area contributed by atoms with Crippen LogP contribution in [0.25, 0.3) is 38.5 Å². The van der Waals surface area contributed by atoms with Gasteiger partial charge in [-0.1, -0.05) is 129 Å². The Kier molecular flexibility index (Phi) is 14.1. The van der Waals surface area contributed by atoms with Gasteiger partial charge in [0.25, 0.3) is 0 Å². The van der Waals surface area contributed by atoms with Crippen molar-refractivity contribution >= 4 is 55.7 Å². The normalized spacial score (nSPS) is 15.0. The molecule has 58 heavy (non-hydrogen) atoms. The third-order valence-electron chi connectivity index (χ3n) is 12.2. The topological polar surface area (TPSA) is 63.7 Å². The molecule has 1 aromatic heterocycles. The van der Waals surface area contributed by atoms with Gasteiger partial charge in [-0.25, -0.2) is 0 Å². The number of hydrogen-bond donors (Lipinski definition) is 1. The SMILES string of the molecule is CCCCCCCCn1c(=CC2=C(O)C(=CC3=[N+](CCCCCCCC)c4ccc(OCCCC)c5cccc3c45)C2=O)c2cccc3c(OCCCC)ccc1c32. The highest BCUT2D eigenvalue weighted by Crippen LogP contribution is 2.42. The minimum atomic E-state index is -0.116. The lowest BCUT2D eigenvalue weighted by Crippen LogP contribution is -2.26. The van der Waals surface area contributed by atoms with Crippen molar-refractivity contribution in [3.8, 4) is 11.5 Å². The second-order valence-corrected chi connectivity index (χ2v) is 16.4. The number of allylic oxidation sites excluding steroid dienone is 3. The third kappa shape index (κ3) is 8.49. The summed E-state index contributed by atoms with van der Waals surface area (Å²) in [6.07, 6.45) is 22.5. The van der Waals surface area contributed by atoms with E-state index in [-0.39, 0.29) is 11.5 Å². The summed E-state index contributed by atoms with van der Waals surface area (Å²) in [5.41, 5.74) is 5.10. The zero-order chi connectivity index (χ0) is 40.4. The molecule has 0 atom stereocenters. The van der Waals surface area contributed by atoms with Gasteiger partial charge in [-0.2, -0.15) is 4.58 Å². The summed E-state index contributed by atoms with van der Waals surface area (Å²) in [6.45, 7) is 11.9. The number of ketones is 1. The molecule has 7 rings (SSSR count). The summed E-state index contributed by atoms with van der Waals surface area (Å²) in [7, 11) is 0. The predicted octanol–water partition coefficient (Wildman–Crippen LogP) is 13.0. The van der Waals surface area contributed by atoms with Crippen molar-refractivity contribution in [3.63, 3.8) is 0 Å². The maximum Gasteiger partial charge on any atom is 0.214 e. The smallest absolute Gasteiger partial charge is 0.214 e. The molecular weight excluding hydrogens is 717 g/mol. The number of carbonyl (C=O) groups is 1. The van der Waals surface area contributed by atoms with Crippen molar-refractivity contribution in [2.75, 3.05) is 19.8 Å². The number of carbonyl (C=O) groups excluding carboxylic acids is 1. The Hall–Kier alpha value is -4.84. The van der Waals surface area contributed by atoms with Gasteiger partial charge in [0.15, 0.2) is 0 Å². The maximum atomic E-state index is 14.3. The number of rotatable bonds is 24. The van der Waals surface area contributed by atoms with Gasteiger partial charge >= 0.3 is 0 Å². The van der Waals surface area contributed by atoms with Crippen molar-refractivity contribution in [1.82, 2.24) is 4.57 Å². The number of ether oxygens (including phenoxy) is 2. The van der Waals surface area contributed by atoms with Crippen LogP contribution in [-0.4, -0.2) is 45.5 Å². The van der Waals surface area contributed by atoms with E-state index in [1.807, 2.05) is 12.2 Å². The first-order valence-electron chi connectivity index (χ1n) is 22.7. The summed E-state index contributed by atoms with van der Waals surface area (Å²) in [5, 5.41) is 18.4. The van der Waals surface area contributed by atoms with Crippen molar-refractivity contribution in [3.05, 3.63) is 94.6 Å². The number of aliphatic hydroxyl groups excluding tert-OH is 1. The Labute approximate surface area is 345 Å². The van der Waals surface area contributed by atoms with E-state index in [9.17, 15) is 9.90 Å². The molecule has 0 unspecified atom stereocenters. The molecule has 0 saturated heterocycles. The number of nitrogens with zero attached hydrogens (tertiary/aromatic N) is 2. The zero-order valence-electron chi connectivity index (χ0n) is 35.6. The lowest BCUT2D eigenvalue weighted by molar-refractivity contribution is -0.436. The number of hydrogen-bond acceptors (Lipinski definition) is 4. The highest BCUT2D eigenvalue weighted by molar-refractivity contribution is 6.29. The minimum Gasteiger partial charge on any atom is -0.506 e. The highest BCUT2D eigenvalue weighted by Gasteiger charge is 2.37. The second-order valence-electron chi connectivity index (χ2n) is 16.4. The van der Waals surface area contributed by atoms with E-state index < -0.39 is 0 Å². The fourth-order valence-corrected chi connectivity index (χ4v) is 8.93. The Morgan fingerprint density at radius 3 is 1.88 bits per heavy atom. The van der Waals surface area contributed by atoms with Crippen molar-refractivity contribution in [2.24, 2.45) is 0 Å². The number of Topliss-reactive ketones (excluding diaryl/α,β-unsaturated/α-hetero) is 1. The van der Waals surface area contributed by atoms with E-state index in [4.69, 9.17) is 9.47 Å². The van der Waals surface area contributed by atoms with Crippen molar-refractivity contribution in [2.45, 2.75) is 137 Å². The van der Waals surface area contributed by atoms with Crippen LogP contribution in [0.2, 0.25) is 0 Å². The number of unbranched alkanes of at least 4 members (excludes halogenated alkanes) is 12. The van der Waals surface area contributed by atoms with E-state index in [1.165, 1.54) is 51.4 Å². The zero-order valence-corrected chi connectivity index (χ0v) is 35.6. The molecule has 0 bridgehead atoms. The van der Waals surface area contributed by atoms with E-state index in [2.05, 4.69) is 97.5 Å². The van der Waals surface area contributed by atoms with Crippen LogP contribution in [-0.2, 0) is 11.3 Å². The summed E-state index contributed by atoms with van der Waals surface area (Å²) >= 11 is 0. The first kappa shape index (κ1) is 41.3. The standard InChI is InChI=1S/C52H64N2O4/c1-5-9-13-15-17-19-31-53-43-27-29-47(57-33-11-7-3)39-25-21-23-37(49(39)43)45(53)35-41-51(55)42(52(41)56)36-46-38-24-22-26-40-48(58-34-12-8-4)30-28-44(50(38)40)54(46)32-20-18-16-14-10-6-2/h21-30,35-36H,5-20,31-34H2,1-4H3/p+1. The average molecular weight is 782 g/mol. The monoisotopic (exact) mass is 781 g/mol. The van der Waals surface area contributed by atoms with E-state index in [0.29, 0.717) is 24.4 Å². The Bertz CT molecular complexity index is 2390. The van der Waals surface area contributed by atoms with Gasteiger partial charge in [-0.3, -0.25) is 4.79 Å². The molecule has 6 heteroatoms. The second kappa shape index (κ2) is 19.7. The number of aromatic nitrogens is 1.